The van der Waals surface area contributed by atoms with Gasteiger partial charge in [-0.15, -0.1) is 0 Å². The molecule has 0 radical (unpaired) electrons. The minimum absolute atomic E-state index is 0.0148. The number of amides is 1. The molecule has 0 N–H and O–H groups in total. The van der Waals surface area contributed by atoms with Gasteiger partial charge in [0.15, 0.2) is 9.84 Å². The molecule has 2 heterocycles. The van der Waals surface area contributed by atoms with E-state index in [0.717, 1.165) is 44.1 Å². The quantitative estimate of drug-likeness (QED) is 0.722. The second kappa shape index (κ2) is 9.94. The van der Waals surface area contributed by atoms with Gasteiger partial charge in [-0.3, -0.25) is 4.79 Å². The Hall–Kier alpha value is -1.05. The van der Waals surface area contributed by atoms with E-state index in [-0.39, 0.29) is 24.1 Å². The Bertz CT molecular complexity index is 703. The maximum atomic E-state index is 12.9. The van der Waals surface area contributed by atoms with Gasteiger partial charge < -0.3 is 9.80 Å². The van der Waals surface area contributed by atoms with Gasteiger partial charge in [-0.05, 0) is 50.2 Å². The van der Waals surface area contributed by atoms with E-state index in [4.69, 9.17) is 0 Å². The summed E-state index contributed by atoms with van der Waals surface area (Å²) in [5.41, 5.74) is 0. The van der Waals surface area contributed by atoms with Crippen molar-refractivity contribution >= 4 is 27.5 Å². The molecule has 27 heavy (non-hydrogen) atoms. The van der Waals surface area contributed by atoms with Crippen LogP contribution in [0.25, 0.3) is 0 Å². The second-order valence-electron chi connectivity index (χ2n) is 7.41. The number of carbonyl (C=O) groups is 1. The van der Waals surface area contributed by atoms with Gasteiger partial charge in [-0.25, -0.2) is 8.42 Å². The van der Waals surface area contributed by atoms with E-state index in [1.165, 1.54) is 19.3 Å². The molecule has 150 valence electrons. The topological polar surface area (TPSA) is 57.7 Å². The first-order chi connectivity index (χ1) is 13.1. The van der Waals surface area contributed by atoms with E-state index in [1.54, 1.807) is 30.3 Å². The third-order valence-corrected chi connectivity index (χ3v) is 8.29. The highest BCUT2D eigenvalue weighted by atomic mass is 32.2. The first kappa shape index (κ1) is 20.7. The lowest BCUT2D eigenvalue weighted by Crippen LogP contribution is -2.49. The molecule has 2 fully saturated rings. The minimum Gasteiger partial charge on any atom is -0.338 e. The molecular formula is C20H30N2O3S2. The van der Waals surface area contributed by atoms with Crippen molar-refractivity contribution in [3.05, 3.63) is 30.3 Å². The lowest BCUT2D eigenvalue weighted by Gasteiger charge is -2.35. The molecular weight excluding hydrogens is 380 g/mol. The smallest absolute Gasteiger partial charge is 0.223 e. The van der Waals surface area contributed by atoms with Crippen molar-refractivity contribution in [1.82, 2.24) is 9.80 Å². The largest absolute Gasteiger partial charge is 0.338 e. The molecule has 1 atom stereocenters. The predicted molar refractivity (Wildman–Crippen MR) is 111 cm³/mol. The number of benzene rings is 1. The van der Waals surface area contributed by atoms with Crippen LogP contribution in [-0.4, -0.2) is 73.6 Å². The molecule has 7 heteroatoms. The number of rotatable bonds is 6. The number of piperidine rings is 1. The van der Waals surface area contributed by atoms with Crippen LogP contribution >= 0.6 is 11.8 Å². The third kappa shape index (κ3) is 5.96. The third-order valence-electron chi connectivity index (χ3n) is 5.36. The van der Waals surface area contributed by atoms with E-state index < -0.39 is 9.84 Å². The monoisotopic (exact) mass is 410 g/mol. The van der Waals surface area contributed by atoms with Gasteiger partial charge in [0, 0.05) is 25.3 Å². The number of carbonyl (C=O) groups excluding carboxylic acids is 1. The van der Waals surface area contributed by atoms with Crippen LogP contribution in [0.5, 0.6) is 0 Å². The summed E-state index contributed by atoms with van der Waals surface area (Å²) in [6.07, 6.45) is 4.83. The van der Waals surface area contributed by atoms with Crippen LogP contribution in [0.15, 0.2) is 35.2 Å². The highest BCUT2D eigenvalue weighted by Gasteiger charge is 2.29. The molecule has 1 amide bonds. The number of likely N-dealkylation sites (tertiary alicyclic amines) is 1. The fourth-order valence-corrected chi connectivity index (χ4v) is 6.17. The first-order valence-electron chi connectivity index (χ1n) is 9.94. The zero-order valence-corrected chi connectivity index (χ0v) is 17.5. The highest BCUT2D eigenvalue weighted by Crippen LogP contribution is 2.21. The van der Waals surface area contributed by atoms with Gasteiger partial charge in [0.2, 0.25) is 5.91 Å². The van der Waals surface area contributed by atoms with Crippen molar-refractivity contribution in [2.75, 3.05) is 43.4 Å². The molecule has 1 aromatic rings. The van der Waals surface area contributed by atoms with E-state index in [0.29, 0.717) is 4.90 Å². The van der Waals surface area contributed by atoms with Crippen LogP contribution in [0.4, 0.5) is 0 Å². The summed E-state index contributed by atoms with van der Waals surface area (Å²) >= 11 is 1.92. The molecule has 2 aliphatic rings. The lowest BCUT2D eigenvalue weighted by atomic mass is 10.1. The maximum absolute atomic E-state index is 12.9. The number of nitrogens with zero attached hydrogens (tertiary/aromatic N) is 2. The summed E-state index contributed by atoms with van der Waals surface area (Å²) in [6.45, 7) is 3.90. The van der Waals surface area contributed by atoms with E-state index in [2.05, 4.69) is 4.90 Å². The molecule has 0 aromatic heterocycles. The highest BCUT2D eigenvalue weighted by molar-refractivity contribution is 7.99. The van der Waals surface area contributed by atoms with E-state index >= 15 is 0 Å². The minimum atomic E-state index is -3.41. The molecule has 0 bridgehead atoms. The zero-order valence-electron chi connectivity index (χ0n) is 15.9. The van der Waals surface area contributed by atoms with Gasteiger partial charge in [0.1, 0.15) is 0 Å². The van der Waals surface area contributed by atoms with E-state index in [1.807, 2.05) is 16.7 Å². The molecule has 0 spiro atoms. The molecule has 1 unspecified atom stereocenters. The molecule has 0 aliphatic carbocycles. The summed E-state index contributed by atoms with van der Waals surface area (Å²) in [5, 5.41) is 0. The maximum Gasteiger partial charge on any atom is 0.223 e. The van der Waals surface area contributed by atoms with Crippen LogP contribution < -0.4 is 0 Å². The van der Waals surface area contributed by atoms with Crippen LogP contribution in [0.1, 0.15) is 32.1 Å². The van der Waals surface area contributed by atoms with Crippen molar-refractivity contribution in [2.24, 2.45) is 0 Å². The van der Waals surface area contributed by atoms with Crippen LogP contribution in [0.3, 0.4) is 0 Å². The summed E-state index contributed by atoms with van der Waals surface area (Å²) in [7, 11) is -3.41. The molecule has 2 saturated heterocycles. The van der Waals surface area contributed by atoms with Crippen molar-refractivity contribution in [3.8, 4) is 0 Å². The number of sulfone groups is 1. The van der Waals surface area contributed by atoms with Gasteiger partial charge in [-0.1, -0.05) is 24.6 Å². The Balaban J connectivity index is 1.61. The molecule has 1 aromatic carbocycles. The van der Waals surface area contributed by atoms with Gasteiger partial charge in [0.05, 0.1) is 16.7 Å². The van der Waals surface area contributed by atoms with Gasteiger partial charge in [0.25, 0.3) is 0 Å². The van der Waals surface area contributed by atoms with Crippen LogP contribution in [-0.2, 0) is 14.6 Å². The molecule has 0 saturated carbocycles. The Kier molecular flexibility index (Phi) is 7.61. The van der Waals surface area contributed by atoms with Crippen molar-refractivity contribution in [2.45, 2.75) is 43.0 Å². The summed E-state index contributed by atoms with van der Waals surface area (Å²) in [6, 6.07) is 8.63. The van der Waals surface area contributed by atoms with Crippen LogP contribution in [0, 0.1) is 0 Å². The Labute approximate surface area is 167 Å². The van der Waals surface area contributed by atoms with Crippen molar-refractivity contribution < 1.29 is 13.2 Å². The Morgan fingerprint density at radius 3 is 2.52 bits per heavy atom. The molecule has 3 rings (SSSR count). The van der Waals surface area contributed by atoms with Crippen molar-refractivity contribution in [3.63, 3.8) is 0 Å². The average molecular weight is 411 g/mol. The van der Waals surface area contributed by atoms with Crippen LogP contribution in [0.2, 0.25) is 0 Å². The standard InChI is InChI=1S/C20H30N2O3S2/c23-20(10-15-27(24,25)19-8-3-1-4-9-19)22-13-7-14-26-17-18(22)16-21-11-5-2-6-12-21/h1,3-4,8-9,18H,2,5-7,10-17H2. The Morgan fingerprint density at radius 2 is 1.78 bits per heavy atom. The SMILES string of the molecule is O=C(CCS(=O)(=O)c1ccccc1)N1CCCSCC1CN1CCCCC1. The Morgan fingerprint density at radius 1 is 1.04 bits per heavy atom. The zero-order chi connectivity index (χ0) is 19.1. The lowest BCUT2D eigenvalue weighted by molar-refractivity contribution is -0.133. The summed E-state index contributed by atoms with van der Waals surface area (Å²) in [4.78, 5) is 17.7. The van der Waals surface area contributed by atoms with E-state index in [9.17, 15) is 13.2 Å². The normalized spacial score (nSPS) is 22.4. The summed E-state index contributed by atoms with van der Waals surface area (Å²) in [5.74, 6) is 1.89. The fourth-order valence-electron chi connectivity index (χ4n) is 3.86. The van der Waals surface area contributed by atoms with Crippen molar-refractivity contribution in [1.29, 1.82) is 0 Å². The average Bonchev–Trinajstić information content (AvgIpc) is 2.93. The molecule has 5 nitrogen and oxygen atoms in total. The fraction of sp³-hybridized carbons (Fsp3) is 0.650. The number of thioether (sulfide) groups is 1. The predicted octanol–water partition coefficient (Wildman–Crippen LogP) is 2.67. The van der Waals surface area contributed by atoms with Gasteiger partial charge in [-0.2, -0.15) is 11.8 Å². The molecule has 2 aliphatic heterocycles. The number of hydrogen-bond donors (Lipinski definition) is 0. The summed E-state index contributed by atoms with van der Waals surface area (Å²) < 4.78 is 25.0. The second-order valence-corrected chi connectivity index (χ2v) is 10.7. The number of hydrogen-bond acceptors (Lipinski definition) is 5. The first-order valence-corrected chi connectivity index (χ1v) is 12.7. The van der Waals surface area contributed by atoms with Gasteiger partial charge >= 0.3 is 0 Å².